The van der Waals surface area contributed by atoms with Crippen LogP contribution in [0.1, 0.15) is 58.6 Å². The van der Waals surface area contributed by atoms with E-state index in [9.17, 15) is 10.2 Å². The van der Waals surface area contributed by atoms with E-state index in [1.807, 2.05) is 13.8 Å². The molecule has 0 spiro atoms. The Morgan fingerprint density at radius 3 is 2.09 bits per heavy atom. The van der Waals surface area contributed by atoms with Crippen LogP contribution in [0.3, 0.4) is 0 Å². The summed E-state index contributed by atoms with van der Waals surface area (Å²) in [6.07, 6.45) is 0. The molecule has 2 aromatic carbocycles. The zero-order chi connectivity index (χ0) is 23.6. The molecule has 3 N–H and O–H groups in total. The van der Waals surface area contributed by atoms with E-state index in [-0.39, 0.29) is 17.4 Å². The van der Waals surface area contributed by atoms with Crippen molar-refractivity contribution in [1.82, 2.24) is 10.1 Å². The number of phenolic OH excluding ortho intramolecular Hbond substituents is 2. The van der Waals surface area contributed by atoms with Crippen LogP contribution in [-0.4, -0.2) is 39.4 Å². The summed E-state index contributed by atoms with van der Waals surface area (Å²) in [4.78, 5) is 2.45. The first-order valence-corrected chi connectivity index (χ1v) is 11.2. The van der Waals surface area contributed by atoms with E-state index in [4.69, 9.17) is 4.52 Å². The van der Waals surface area contributed by atoms with Gasteiger partial charge in [0.05, 0.1) is 5.56 Å². The maximum atomic E-state index is 10.6. The molecule has 0 aliphatic carbocycles. The lowest BCUT2D eigenvalue weighted by molar-refractivity contribution is 0.166. The summed E-state index contributed by atoms with van der Waals surface area (Å²) < 4.78 is 5.55. The fraction of sp³-hybridized carbons (Fsp3) is 0.423. The van der Waals surface area contributed by atoms with E-state index in [0.717, 1.165) is 23.2 Å². The van der Waals surface area contributed by atoms with Gasteiger partial charge in [0.15, 0.2) is 0 Å². The van der Waals surface area contributed by atoms with Gasteiger partial charge < -0.3 is 20.1 Å². The van der Waals surface area contributed by atoms with Gasteiger partial charge in [-0.25, -0.2) is 0 Å². The van der Waals surface area contributed by atoms with Gasteiger partial charge in [0.2, 0.25) is 5.88 Å². The van der Waals surface area contributed by atoms with E-state index in [0.29, 0.717) is 29.2 Å². The number of aromatic hydroxyl groups is 2. The average Bonchev–Trinajstić information content (AvgIpc) is 3.15. The molecule has 1 aromatic heterocycles. The van der Waals surface area contributed by atoms with E-state index in [2.05, 4.69) is 67.3 Å². The summed E-state index contributed by atoms with van der Waals surface area (Å²) in [6, 6.07) is 12.5. The summed E-state index contributed by atoms with van der Waals surface area (Å²) in [6.45, 7) is 13.7. The van der Waals surface area contributed by atoms with Gasteiger partial charge in [-0.1, -0.05) is 43.3 Å². The Balaban J connectivity index is 2.04. The minimum absolute atomic E-state index is 0.0368. The van der Waals surface area contributed by atoms with Crippen LogP contribution in [0, 0.1) is 0 Å². The third kappa shape index (κ3) is 4.75. The van der Waals surface area contributed by atoms with Gasteiger partial charge in [0.1, 0.15) is 17.2 Å². The quantitative estimate of drug-likeness (QED) is 0.389. The molecule has 32 heavy (non-hydrogen) atoms. The summed E-state index contributed by atoms with van der Waals surface area (Å²) in [5.74, 6) is 0.657. The van der Waals surface area contributed by atoms with Crippen molar-refractivity contribution in [3.63, 3.8) is 0 Å². The maximum absolute atomic E-state index is 10.6. The van der Waals surface area contributed by atoms with E-state index in [1.54, 1.807) is 13.1 Å². The zero-order valence-corrected chi connectivity index (χ0v) is 20.1. The Morgan fingerprint density at radius 2 is 1.56 bits per heavy atom. The van der Waals surface area contributed by atoms with Gasteiger partial charge in [-0.15, -0.1) is 0 Å². The van der Waals surface area contributed by atoms with Gasteiger partial charge in [-0.2, -0.15) is 0 Å². The summed E-state index contributed by atoms with van der Waals surface area (Å²) in [5, 5.41) is 28.1. The maximum Gasteiger partial charge on any atom is 0.232 e. The third-order valence-corrected chi connectivity index (χ3v) is 5.88. The minimum atomic E-state index is -0.0368. The molecule has 0 atom stereocenters. The third-order valence-electron chi connectivity index (χ3n) is 5.88. The van der Waals surface area contributed by atoms with Crippen molar-refractivity contribution in [2.45, 2.75) is 66.1 Å². The number of nitrogens with one attached hydrogen (secondary N) is 1. The zero-order valence-electron chi connectivity index (χ0n) is 20.1. The number of aromatic nitrogens is 1. The van der Waals surface area contributed by atoms with Crippen molar-refractivity contribution in [2.24, 2.45) is 0 Å². The molecule has 3 rings (SSSR count). The second-order valence-electron chi connectivity index (χ2n) is 9.12. The minimum Gasteiger partial charge on any atom is -0.508 e. The molecule has 0 aliphatic heterocycles. The van der Waals surface area contributed by atoms with Gasteiger partial charge in [0, 0.05) is 37.3 Å². The van der Waals surface area contributed by atoms with Crippen LogP contribution in [0.4, 0.5) is 5.88 Å². The second kappa shape index (κ2) is 9.65. The van der Waals surface area contributed by atoms with Crippen LogP contribution < -0.4 is 5.32 Å². The number of phenols is 2. The Bertz CT molecular complexity index is 1040. The van der Waals surface area contributed by atoms with Crippen molar-refractivity contribution in [3.8, 4) is 33.9 Å². The van der Waals surface area contributed by atoms with Crippen LogP contribution in [0.5, 0.6) is 11.5 Å². The van der Waals surface area contributed by atoms with Crippen LogP contribution in [0.25, 0.3) is 22.4 Å². The number of benzene rings is 2. The van der Waals surface area contributed by atoms with E-state index in [1.165, 1.54) is 11.6 Å². The predicted molar refractivity (Wildman–Crippen MR) is 130 cm³/mol. The Morgan fingerprint density at radius 1 is 0.938 bits per heavy atom. The number of rotatable bonds is 8. The number of anilines is 1. The molecule has 0 radical (unpaired) electrons. The fourth-order valence-corrected chi connectivity index (χ4v) is 4.11. The Kier molecular flexibility index (Phi) is 7.14. The molecule has 3 aromatic rings. The fourth-order valence-electron chi connectivity index (χ4n) is 4.11. The second-order valence-corrected chi connectivity index (χ2v) is 9.12. The predicted octanol–water partition coefficient (Wildman–Crippen LogP) is 6.20. The van der Waals surface area contributed by atoms with Crippen molar-refractivity contribution < 1.29 is 14.7 Å². The van der Waals surface area contributed by atoms with Crippen LogP contribution in [-0.2, 0) is 6.54 Å². The van der Waals surface area contributed by atoms with Crippen LogP contribution in [0.2, 0.25) is 0 Å². The molecule has 0 fully saturated rings. The van der Waals surface area contributed by atoms with Gasteiger partial charge in [-0.05, 0) is 56.4 Å². The largest absolute Gasteiger partial charge is 0.508 e. The molecule has 172 valence electrons. The summed E-state index contributed by atoms with van der Waals surface area (Å²) >= 11 is 0. The molecule has 0 bridgehead atoms. The average molecular weight is 438 g/mol. The lowest BCUT2D eigenvalue weighted by Crippen LogP contribution is -2.36. The molecule has 0 saturated heterocycles. The molecule has 0 amide bonds. The SMILES string of the molecule is CNc1onc(-c2cc(C(C)C)c(O)cc2O)c1-c1ccc(CN(C(C)C)C(C)C)cc1. The summed E-state index contributed by atoms with van der Waals surface area (Å²) in [7, 11) is 1.78. The van der Waals surface area contributed by atoms with Crippen molar-refractivity contribution in [1.29, 1.82) is 0 Å². The van der Waals surface area contributed by atoms with Crippen molar-refractivity contribution in [3.05, 3.63) is 47.5 Å². The van der Waals surface area contributed by atoms with Gasteiger partial charge in [0.25, 0.3) is 0 Å². The molecule has 0 aliphatic rings. The first-order chi connectivity index (χ1) is 15.1. The monoisotopic (exact) mass is 437 g/mol. The van der Waals surface area contributed by atoms with Crippen molar-refractivity contribution >= 4 is 5.88 Å². The van der Waals surface area contributed by atoms with Crippen LogP contribution >= 0.6 is 0 Å². The molecular formula is C26H35N3O3. The Hall–Kier alpha value is -2.99. The highest BCUT2D eigenvalue weighted by molar-refractivity contribution is 5.89. The number of hydrogen-bond acceptors (Lipinski definition) is 6. The molecule has 6 heteroatoms. The normalized spacial score (nSPS) is 11.8. The molecule has 1 heterocycles. The lowest BCUT2D eigenvalue weighted by atomic mass is 9.94. The highest BCUT2D eigenvalue weighted by Crippen LogP contribution is 2.43. The van der Waals surface area contributed by atoms with E-state index >= 15 is 0 Å². The highest BCUT2D eigenvalue weighted by Gasteiger charge is 2.23. The summed E-state index contributed by atoms with van der Waals surface area (Å²) in [5.41, 5.74) is 4.76. The van der Waals surface area contributed by atoms with Crippen molar-refractivity contribution in [2.75, 3.05) is 12.4 Å². The topological polar surface area (TPSA) is 81.8 Å². The van der Waals surface area contributed by atoms with Gasteiger partial charge >= 0.3 is 0 Å². The first-order valence-electron chi connectivity index (χ1n) is 11.2. The van der Waals surface area contributed by atoms with Crippen LogP contribution in [0.15, 0.2) is 40.9 Å². The van der Waals surface area contributed by atoms with E-state index < -0.39 is 0 Å². The molecule has 0 unspecified atom stereocenters. The molecular weight excluding hydrogens is 402 g/mol. The highest BCUT2D eigenvalue weighted by atomic mass is 16.5. The first kappa shape index (κ1) is 23.7. The van der Waals surface area contributed by atoms with Gasteiger partial charge in [-0.3, -0.25) is 4.90 Å². The molecule has 0 saturated carbocycles. The lowest BCUT2D eigenvalue weighted by Gasteiger charge is -2.30. The Labute approximate surface area is 190 Å². The molecule has 6 nitrogen and oxygen atoms in total. The number of nitrogens with zero attached hydrogens (tertiary/aromatic N) is 2. The smallest absolute Gasteiger partial charge is 0.232 e. The standard InChI is InChI=1S/C26H35N3O3/c1-15(2)20-12-21(23(31)13-22(20)30)25-24(26(27-7)32-28-25)19-10-8-18(9-11-19)14-29(16(3)4)17(5)6/h8-13,15-17,27,30-31H,14H2,1-7H3. The number of hydrogen-bond donors (Lipinski definition) is 3.